The molecule has 5 heteroatoms. The molecule has 0 aliphatic rings. The molecule has 0 saturated heterocycles. The molecule has 0 amide bonds. The van der Waals surface area contributed by atoms with Gasteiger partial charge < -0.3 is 14.8 Å². The number of methoxy groups -OCH3 is 2. The van der Waals surface area contributed by atoms with Crippen molar-refractivity contribution in [1.29, 1.82) is 0 Å². The first-order valence-corrected chi connectivity index (χ1v) is 8.24. The molecule has 25 heavy (non-hydrogen) atoms. The van der Waals surface area contributed by atoms with Gasteiger partial charge in [-0.15, -0.1) is 0 Å². The molecule has 2 aromatic carbocycles. The number of anilines is 1. The summed E-state index contributed by atoms with van der Waals surface area (Å²) >= 11 is 6.02. The van der Waals surface area contributed by atoms with E-state index >= 15 is 0 Å². The minimum Gasteiger partial charge on any atom is -0.493 e. The van der Waals surface area contributed by atoms with E-state index in [2.05, 4.69) is 10.3 Å². The molecule has 3 aromatic rings. The van der Waals surface area contributed by atoms with E-state index < -0.39 is 0 Å². The molecule has 0 radical (unpaired) electrons. The third-order valence-electron chi connectivity index (χ3n) is 3.84. The number of halogens is 1. The molecule has 3 rings (SSSR count). The van der Waals surface area contributed by atoms with E-state index in [1.165, 1.54) is 0 Å². The summed E-state index contributed by atoms with van der Waals surface area (Å²) in [7, 11) is 3.26. The number of benzene rings is 2. The van der Waals surface area contributed by atoms with Crippen molar-refractivity contribution in [2.24, 2.45) is 0 Å². The fraction of sp³-hybridized carbons (Fsp3) is 0.150. The van der Waals surface area contributed by atoms with Gasteiger partial charge in [0, 0.05) is 17.8 Å². The molecule has 0 aliphatic carbocycles. The van der Waals surface area contributed by atoms with Crippen molar-refractivity contribution in [3.8, 4) is 22.6 Å². The topological polar surface area (TPSA) is 43.4 Å². The van der Waals surface area contributed by atoms with Gasteiger partial charge in [-0.2, -0.15) is 0 Å². The Bertz CT molecular complexity index is 868. The summed E-state index contributed by atoms with van der Waals surface area (Å²) in [6, 6.07) is 17.6. The molecule has 1 aromatic heterocycles. The van der Waals surface area contributed by atoms with E-state index in [9.17, 15) is 0 Å². The van der Waals surface area contributed by atoms with Gasteiger partial charge in [0.25, 0.3) is 0 Å². The molecule has 1 heterocycles. The molecule has 0 saturated carbocycles. The maximum atomic E-state index is 6.02. The molecule has 0 fully saturated rings. The largest absolute Gasteiger partial charge is 0.493 e. The van der Waals surface area contributed by atoms with Crippen LogP contribution < -0.4 is 14.8 Å². The fourth-order valence-corrected chi connectivity index (χ4v) is 2.77. The molecule has 0 spiro atoms. The quantitative estimate of drug-likeness (QED) is 0.674. The first-order chi connectivity index (χ1) is 12.2. The van der Waals surface area contributed by atoms with Crippen LogP contribution in [0.4, 0.5) is 5.82 Å². The van der Waals surface area contributed by atoms with Crippen molar-refractivity contribution in [2.45, 2.75) is 6.54 Å². The highest BCUT2D eigenvalue weighted by atomic mass is 35.5. The first-order valence-electron chi connectivity index (χ1n) is 7.86. The van der Waals surface area contributed by atoms with Crippen LogP contribution in [0.2, 0.25) is 5.02 Å². The van der Waals surface area contributed by atoms with Crippen molar-refractivity contribution < 1.29 is 9.47 Å². The number of nitrogens with one attached hydrogen (secondary N) is 1. The van der Waals surface area contributed by atoms with Gasteiger partial charge in [0.2, 0.25) is 0 Å². The lowest BCUT2D eigenvalue weighted by Gasteiger charge is -2.11. The summed E-state index contributed by atoms with van der Waals surface area (Å²) in [6.45, 7) is 0.656. The Balaban J connectivity index is 1.79. The van der Waals surface area contributed by atoms with Crippen molar-refractivity contribution in [3.63, 3.8) is 0 Å². The van der Waals surface area contributed by atoms with Crippen LogP contribution in [0.15, 0.2) is 60.8 Å². The molecular weight excluding hydrogens is 336 g/mol. The number of nitrogens with zero attached hydrogens (tertiary/aromatic N) is 1. The van der Waals surface area contributed by atoms with Gasteiger partial charge in [-0.3, -0.25) is 0 Å². The number of aromatic nitrogens is 1. The Morgan fingerprint density at radius 3 is 2.48 bits per heavy atom. The highest BCUT2D eigenvalue weighted by Crippen LogP contribution is 2.32. The van der Waals surface area contributed by atoms with Crippen molar-refractivity contribution in [1.82, 2.24) is 4.98 Å². The van der Waals surface area contributed by atoms with E-state index in [0.717, 1.165) is 27.5 Å². The fourth-order valence-electron chi connectivity index (χ4n) is 2.56. The van der Waals surface area contributed by atoms with Gasteiger partial charge in [-0.25, -0.2) is 4.98 Å². The van der Waals surface area contributed by atoms with E-state index in [1.807, 2.05) is 54.6 Å². The van der Waals surface area contributed by atoms with E-state index in [-0.39, 0.29) is 0 Å². The molecule has 0 atom stereocenters. The van der Waals surface area contributed by atoms with Crippen LogP contribution in [0.1, 0.15) is 5.56 Å². The Kier molecular flexibility index (Phi) is 5.41. The predicted octanol–water partition coefficient (Wildman–Crippen LogP) is 5.03. The van der Waals surface area contributed by atoms with Gasteiger partial charge in [-0.1, -0.05) is 29.8 Å². The highest BCUT2D eigenvalue weighted by Gasteiger charge is 2.07. The zero-order valence-electron chi connectivity index (χ0n) is 14.1. The lowest BCUT2D eigenvalue weighted by atomic mass is 10.1. The smallest absolute Gasteiger partial charge is 0.161 e. The summed E-state index contributed by atoms with van der Waals surface area (Å²) in [5.41, 5.74) is 3.18. The van der Waals surface area contributed by atoms with E-state index in [0.29, 0.717) is 18.0 Å². The summed E-state index contributed by atoms with van der Waals surface area (Å²) < 4.78 is 10.7. The standard InChI is InChI=1S/C20H19ClN2O2/c1-24-18-7-6-15(11-19(18)25-2)16-8-9-22-20(12-16)23-13-14-4-3-5-17(21)10-14/h3-12H,13H2,1-2H3,(H,22,23). The Hall–Kier alpha value is -2.72. The van der Waals surface area contributed by atoms with Gasteiger partial charge in [0.15, 0.2) is 11.5 Å². The summed E-state index contributed by atoms with van der Waals surface area (Å²) in [5, 5.41) is 4.05. The minimum atomic E-state index is 0.656. The van der Waals surface area contributed by atoms with Crippen LogP contribution >= 0.6 is 11.6 Å². The van der Waals surface area contributed by atoms with Crippen LogP contribution in [-0.4, -0.2) is 19.2 Å². The highest BCUT2D eigenvalue weighted by molar-refractivity contribution is 6.30. The third kappa shape index (κ3) is 4.22. The number of ether oxygens (including phenoxy) is 2. The normalized spacial score (nSPS) is 10.4. The van der Waals surface area contributed by atoms with Crippen molar-refractivity contribution in [3.05, 3.63) is 71.4 Å². The second-order valence-electron chi connectivity index (χ2n) is 5.48. The SMILES string of the molecule is COc1ccc(-c2ccnc(NCc3cccc(Cl)c3)c2)cc1OC. The van der Waals surface area contributed by atoms with Crippen LogP contribution in [0.3, 0.4) is 0 Å². The molecular formula is C20H19ClN2O2. The monoisotopic (exact) mass is 354 g/mol. The van der Waals surface area contributed by atoms with E-state index in [4.69, 9.17) is 21.1 Å². The number of pyridine rings is 1. The van der Waals surface area contributed by atoms with Crippen molar-refractivity contribution in [2.75, 3.05) is 19.5 Å². The molecule has 1 N–H and O–H groups in total. The molecule has 4 nitrogen and oxygen atoms in total. The van der Waals surface area contributed by atoms with Gasteiger partial charge in [0.1, 0.15) is 5.82 Å². The predicted molar refractivity (Wildman–Crippen MR) is 102 cm³/mol. The maximum Gasteiger partial charge on any atom is 0.161 e. The minimum absolute atomic E-state index is 0.656. The summed E-state index contributed by atoms with van der Waals surface area (Å²) in [4.78, 5) is 4.38. The first kappa shape index (κ1) is 17.1. The lowest BCUT2D eigenvalue weighted by Crippen LogP contribution is -2.01. The molecule has 0 aliphatic heterocycles. The van der Waals surface area contributed by atoms with Crippen LogP contribution in [0, 0.1) is 0 Å². The van der Waals surface area contributed by atoms with Crippen LogP contribution in [0.25, 0.3) is 11.1 Å². The Morgan fingerprint density at radius 1 is 0.920 bits per heavy atom. The Morgan fingerprint density at radius 2 is 1.72 bits per heavy atom. The third-order valence-corrected chi connectivity index (χ3v) is 4.07. The Labute approximate surface area is 152 Å². The molecule has 0 bridgehead atoms. The second kappa shape index (κ2) is 7.90. The molecule has 128 valence electrons. The average molecular weight is 355 g/mol. The zero-order chi connectivity index (χ0) is 17.6. The van der Waals surface area contributed by atoms with Crippen LogP contribution in [-0.2, 0) is 6.54 Å². The van der Waals surface area contributed by atoms with E-state index in [1.54, 1.807) is 20.4 Å². The maximum absolute atomic E-state index is 6.02. The van der Waals surface area contributed by atoms with Crippen LogP contribution in [0.5, 0.6) is 11.5 Å². The average Bonchev–Trinajstić information content (AvgIpc) is 2.66. The van der Waals surface area contributed by atoms with Crippen molar-refractivity contribution >= 4 is 17.4 Å². The number of rotatable bonds is 6. The second-order valence-corrected chi connectivity index (χ2v) is 5.92. The number of hydrogen-bond acceptors (Lipinski definition) is 4. The summed E-state index contributed by atoms with van der Waals surface area (Å²) in [5.74, 6) is 2.21. The van der Waals surface area contributed by atoms with Gasteiger partial charge >= 0.3 is 0 Å². The number of hydrogen-bond donors (Lipinski definition) is 1. The molecule has 0 unspecified atom stereocenters. The van der Waals surface area contributed by atoms with Gasteiger partial charge in [0.05, 0.1) is 14.2 Å². The zero-order valence-corrected chi connectivity index (χ0v) is 14.9. The summed E-state index contributed by atoms with van der Waals surface area (Å²) in [6.07, 6.45) is 1.78. The lowest BCUT2D eigenvalue weighted by molar-refractivity contribution is 0.355. The van der Waals surface area contributed by atoms with Gasteiger partial charge in [-0.05, 0) is 53.1 Å².